The van der Waals surface area contributed by atoms with Crippen molar-refractivity contribution in [1.82, 2.24) is 9.97 Å². The van der Waals surface area contributed by atoms with E-state index in [-0.39, 0.29) is 9.76 Å². The fraction of sp³-hybridized carbons (Fsp3) is 0.571. The predicted octanol–water partition coefficient (Wildman–Crippen LogP) is 0.491. The van der Waals surface area contributed by atoms with E-state index in [2.05, 4.69) is 9.97 Å². The molecule has 0 bridgehead atoms. The molecule has 1 aromatic heterocycles. The van der Waals surface area contributed by atoms with Gasteiger partial charge < -0.3 is 9.41 Å². The fourth-order valence-electron chi connectivity index (χ4n) is 0.974. The van der Waals surface area contributed by atoms with Crippen molar-refractivity contribution < 1.29 is 4.43 Å². The standard InChI is InChI=1S/C7H14N2OSi/c1-10-11-6-2-3-7-8-4-5-9-7/h4-5H,2-3,6,11H2,1H3,(H,8,9). The van der Waals surface area contributed by atoms with Crippen LogP contribution in [0.3, 0.4) is 0 Å². The van der Waals surface area contributed by atoms with Gasteiger partial charge in [0.25, 0.3) is 0 Å². The fourth-order valence-corrected chi connectivity index (χ4v) is 1.72. The molecule has 0 aliphatic carbocycles. The van der Waals surface area contributed by atoms with Gasteiger partial charge in [0.15, 0.2) is 9.76 Å². The van der Waals surface area contributed by atoms with Gasteiger partial charge in [0.1, 0.15) is 5.82 Å². The van der Waals surface area contributed by atoms with Crippen molar-refractivity contribution in [2.45, 2.75) is 18.9 Å². The molecule has 0 aliphatic rings. The van der Waals surface area contributed by atoms with Crippen LogP contribution < -0.4 is 0 Å². The van der Waals surface area contributed by atoms with E-state index in [1.807, 2.05) is 6.20 Å². The van der Waals surface area contributed by atoms with E-state index in [4.69, 9.17) is 4.43 Å². The van der Waals surface area contributed by atoms with Crippen LogP contribution in [0.4, 0.5) is 0 Å². The Morgan fingerprint density at radius 1 is 1.73 bits per heavy atom. The lowest BCUT2D eigenvalue weighted by molar-refractivity contribution is 0.439. The zero-order valence-corrected chi connectivity index (χ0v) is 8.25. The van der Waals surface area contributed by atoms with Crippen LogP contribution in [0.15, 0.2) is 12.4 Å². The lowest BCUT2D eigenvalue weighted by Crippen LogP contribution is -1.95. The Hall–Kier alpha value is -0.613. The summed E-state index contributed by atoms with van der Waals surface area (Å²) in [4.78, 5) is 7.21. The maximum Gasteiger partial charge on any atom is 0.161 e. The highest BCUT2D eigenvalue weighted by molar-refractivity contribution is 6.26. The monoisotopic (exact) mass is 170 g/mol. The van der Waals surface area contributed by atoms with Gasteiger partial charge in [-0.25, -0.2) is 4.98 Å². The van der Waals surface area contributed by atoms with Crippen molar-refractivity contribution in [3.8, 4) is 0 Å². The van der Waals surface area contributed by atoms with Gasteiger partial charge in [0, 0.05) is 25.9 Å². The Bertz CT molecular complexity index is 177. The number of hydrogen-bond donors (Lipinski definition) is 1. The summed E-state index contributed by atoms with van der Waals surface area (Å²) in [6.07, 6.45) is 5.92. The van der Waals surface area contributed by atoms with Crippen LogP contribution in [0.1, 0.15) is 12.2 Å². The van der Waals surface area contributed by atoms with Crippen molar-refractivity contribution in [3.63, 3.8) is 0 Å². The number of H-pyrrole nitrogens is 1. The Balaban J connectivity index is 2.04. The van der Waals surface area contributed by atoms with Gasteiger partial charge >= 0.3 is 0 Å². The minimum Gasteiger partial charge on any atom is -0.427 e. The van der Waals surface area contributed by atoms with E-state index in [1.54, 1.807) is 13.3 Å². The average Bonchev–Trinajstić information content (AvgIpc) is 2.50. The molecule has 1 aromatic rings. The summed E-state index contributed by atoms with van der Waals surface area (Å²) in [5, 5.41) is 0. The zero-order valence-electron chi connectivity index (χ0n) is 6.84. The second-order valence-corrected chi connectivity index (χ2v) is 4.18. The van der Waals surface area contributed by atoms with Gasteiger partial charge in [0.05, 0.1) is 0 Å². The lowest BCUT2D eigenvalue weighted by atomic mass is 10.3. The molecule has 0 saturated carbocycles. The Labute approximate surface area is 69.1 Å². The summed E-state index contributed by atoms with van der Waals surface area (Å²) in [7, 11) is 1.57. The molecule has 11 heavy (non-hydrogen) atoms. The normalized spacial score (nSPS) is 11.4. The van der Waals surface area contributed by atoms with E-state index in [9.17, 15) is 0 Å². The molecule has 0 saturated heterocycles. The van der Waals surface area contributed by atoms with Gasteiger partial charge in [0.2, 0.25) is 0 Å². The molecule has 0 radical (unpaired) electrons. The van der Waals surface area contributed by atoms with E-state index in [1.165, 1.54) is 12.5 Å². The first-order valence-electron chi connectivity index (χ1n) is 3.90. The van der Waals surface area contributed by atoms with Crippen LogP contribution in [0.25, 0.3) is 0 Å². The molecule has 0 spiro atoms. The molecule has 1 rings (SSSR count). The number of nitrogens with one attached hydrogen (secondary N) is 1. The summed E-state index contributed by atoms with van der Waals surface area (Å²) in [6.45, 7) is 0. The number of aryl methyl sites for hydroxylation is 1. The summed E-state index contributed by atoms with van der Waals surface area (Å²) in [5.74, 6) is 1.09. The van der Waals surface area contributed by atoms with Crippen molar-refractivity contribution in [3.05, 3.63) is 18.2 Å². The zero-order chi connectivity index (χ0) is 7.94. The van der Waals surface area contributed by atoms with Crippen molar-refractivity contribution in [2.24, 2.45) is 0 Å². The topological polar surface area (TPSA) is 37.9 Å². The first-order chi connectivity index (χ1) is 5.43. The van der Waals surface area contributed by atoms with E-state index in [0.717, 1.165) is 12.2 Å². The highest BCUT2D eigenvalue weighted by Gasteiger charge is 1.93. The maximum atomic E-state index is 5.07. The first-order valence-corrected chi connectivity index (χ1v) is 5.48. The number of hydrogen-bond acceptors (Lipinski definition) is 2. The first kappa shape index (κ1) is 8.48. The molecule has 0 aliphatic heterocycles. The molecule has 1 N–H and O–H groups in total. The molecule has 0 amide bonds. The molecular formula is C7H14N2OSi. The molecule has 0 aromatic carbocycles. The summed E-state index contributed by atoms with van der Waals surface area (Å²) in [6, 6.07) is 1.25. The Morgan fingerprint density at radius 3 is 3.27 bits per heavy atom. The van der Waals surface area contributed by atoms with Gasteiger partial charge in [-0.15, -0.1) is 0 Å². The van der Waals surface area contributed by atoms with Crippen LogP contribution >= 0.6 is 0 Å². The summed E-state index contributed by atoms with van der Waals surface area (Å²) < 4.78 is 5.07. The molecule has 4 heteroatoms. The van der Waals surface area contributed by atoms with Crippen LogP contribution in [0.5, 0.6) is 0 Å². The largest absolute Gasteiger partial charge is 0.427 e. The minimum atomic E-state index is -0.219. The molecule has 1 heterocycles. The number of aromatic amines is 1. The molecular weight excluding hydrogens is 156 g/mol. The molecule has 62 valence electrons. The van der Waals surface area contributed by atoms with Crippen LogP contribution in [-0.4, -0.2) is 26.8 Å². The van der Waals surface area contributed by atoms with Gasteiger partial charge in [-0.3, -0.25) is 0 Å². The minimum absolute atomic E-state index is 0.219. The Morgan fingerprint density at radius 2 is 2.64 bits per heavy atom. The van der Waals surface area contributed by atoms with Crippen molar-refractivity contribution in [2.75, 3.05) is 7.11 Å². The Kier molecular flexibility index (Phi) is 3.93. The highest BCUT2D eigenvalue weighted by atomic mass is 28.2. The summed E-state index contributed by atoms with van der Waals surface area (Å²) in [5.41, 5.74) is 0. The molecule has 3 nitrogen and oxygen atoms in total. The third-order valence-corrected chi connectivity index (χ3v) is 2.76. The van der Waals surface area contributed by atoms with E-state index in [0.29, 0.717) is 0 Å². The highest BCUT2D eigenvalue weighted by Crippen LogP contribution is 1.97. The summed E-state index contributed by atoms with van der Waals surface area (Å²) >= 11 is 0. The molecule has 0 atom stereocenters. The quantitative estimate of drug-likeness (QED) is 0.516. The van der Waals surface area contributed by atoms with Gasteiger partial charge in [-0.2, -0.15) is 0 Å². The molecule has 0 unspecified atom stereocenters. The van der Waals surface area contributed by atoms with Gasteiger partial charge in [-0.05, 0) is 12.5 Å². The third-order valence-electron chi connectivity index (χ3n) is 1.57. The number of imidazole rings is 1. The van der Waals surface area contributed by atoms with Gasteiger partial charge in [-0.1, -0.05) is 0 Å². The van der Waals surface area contributed by atoms with Crippen LogP contribution in [0, 0.1) is 0 Å². The maximum absolute atomic E-state index is 5.07. The average molecular weight is 170 g/mol. The SMILES string of the molecule is CO[SiH2]CCCc1ncc[nH]1. The number of nitrogens with zero attached hydrogens (tertiary/aromatic N) is 1. The van der Waals surface area contributed by atoms with Crippen molar-refractivity contribution >= 4 is 9.76 Å². The predicted molar refractivity (Wildman–Crippen MR) is 47.3 cm³/mol. The van der Waals surface area contributed by atoms with Crippen molar-refractivity contribution in [1.29, 1.82) is 0 Å². The molecule has 0 fully saturated rings. The van der Waals surface area contributed by atoms with E-state index < -0.39 is 0 Å². The number of aromatic nitrogens is 2. The second kappa shape index (κ2) is 5.09. The number of rotatable bonds is 5. The smallest absolute Gasteiger partial charge is 0.161 e. The van der Waals surface area contributed by atoms with E-state index >= 15 is 0 Å². The van der Waals surface area contributed by atoms with Crippen LogP contribution in [-0.2, 0) is 10.8 Å². The lowest BCUT2D eigenvalue weighted by Gasteiger charge is -1.95. The second-order valence-electron chi connectivity index (χ2n) is 2.49. The van der Waals surface area contributed by atoms with Crippen LogP contribution in [0.2, 0.25) is 6.04 Å². The third kappa shape index (κ3) is 3.34.